The maximum atomic E-state index is 5.52. The summed E-state index contributed by atoms with van der Waals surface area (Å²) < 4.78 is 0. The normalized spacial score (nSPS) is 24.0. The predicted octanol–water partition coefficient (Wildman–Crippen LogP) is 1.13. The second kappa shape index (κ2) is 7.17. The van der Waals surface area contributed by atoms with E-state index in [2.05, 4.69) is 11.8 Å². The highest BCUT2D eigenvalue weighted by molar-refractivity contribution is 5.85. The molecule has 0 spiro atoms. The summed E-state index contributed by atoms with van der Waals surface area (Å²) in [7, 11) is 0. The molecule has 0 aromatic heterocycles. The molecule has 0 radical (unpaired) electrons. The zero-order valence-electron chi connectivity index (χ0n) is 6.95. The van der Waals surface area contributed by atoms with E-state index < -0.39 is 0 Å². The molecule has 0 aromatic rings. The van der Waals surface area contributed by atoms with Gasteiger partial charge in [-0.25, -0.2) is 0 Å². The molecule has 11 heavy (non-hydrogen) atoms. The lowest BCUT2D eigenvalue weighted by atomic mass is 10.1. The molecule has 1 aliphatic heterocycles. The van der Waals surface area contributed by atoms with Gasteiger partial charge in [0.05, 0.1) is 0 Å². The van der Waals surface area contributed by atoms with Crippen LogP contribution in [0.4, 0.5) is 0 Å². The Balaban J connectivity index is 0. The van der Waals surface area contributed by atoms with Gasteiger partial charge >= 0.3 is 0 Å². The van der Waals surface area contributed by atoms with Crippen LogP contribution in [0.15, 0.2) is 0 Å². The van der Waals surface area contributed by atoms with Crippen molar-refractivity contribution in [2.24, 2.45) is 11.7 Å². The van der Waals surface area contributed by atoms with Crippen molar-refractivity contribution < 1.29 is 0 Å². The van der Waals surface area contributed by atoms with E-state index in [4.69, 9.17) is 5.73 Å². The Morgan fingerprint density at radius 3 is 2.36 bits per heavy atom. The third-order valence-electron chi connectivity index (χ3n) is 2.15. The lowest BCUT2D eigenvalue weighted by Gasteiger charge is -2.10. The third-order valence-corrected chi connectivity index (χ3v) is 2.15. The molecule has 4 heteroatoms. The molecule has 2 nitrogen and oxygen atoms in total. The smallest absolute Gasteiger partial charge is 0.00221 e. The first-order valence-electron chi connectivity index (χ1n) is 3.79. The molecule has 0 aromatic carbocycles. The predicted molar refractivity (Wildman–Crippen MR) is 53.8 cm³/mol. The van der Waals surface area contributed by atoms with Gasteiger partial charge in [0.25, 0.3) is 0 Å². The quantitative estimate of drug-likeness (QED) is 0.725. The highest BCUT2D eigenvalue weighted by Gasteiger charge is 2.18. The minimum absolute atomic E-state index is 0. The van der Waals surface area contributed by atoms with Crippen molar-refractivity contribution >= 4 is 24.8 Å². The summed E-state index contributed by atoms with van der Waals surface area (Å²) in [4.78, 5) is 2.46. The molecule has 70 valence electrons. The van der Waals surface area contributed by atoms with E-state index in [0.717, 1.165) is 12.5 Å². The van der Waals surface area contributed by atoms with E-state index >= 15 is 0 Å². The fraction of sp³-hybridized carbons (Fsp3) is 1.00. The second-order valence-corrected chi connectivity index (χ2v) is 2.78. The van der Waals surface area contributed by atoms with E-state index in [1.54, 1.807) is 0 Å². The average Bonchev–Trinajstić information content (AvgIpc) is 2.34. The van der Waals surface area contributed by atoms with Crippen LogP contribution in [0.5, 0.6) is 0 Å². The van der Waals surface area contributed by atoms with Crippen LogP contribution in [-0.4, -0.2) is 31.1 Å². The Morgan fingerprint density at radius 2 is 2.09 bits per heavy atom. The number of hydrogen-bond donors (Lipinski definition) is 1. The first kappa shape index (κ1) is 14.0. The van der Waals surface area contributed by atoms with Crippen molar-refractivity contribution in [1.82, 2.24) is 4.90 Å². The summed E-state index contributed by atoms with van der Waals surface area (Å²) >= 11 is 0. The molecular weight excluding hydrogens is 183 g/mol. The first-order chi connectivity index (χ1) is 4.36. The van der Waals surface area contributed by atoms with Crippen molar-refractivity contribution in [3.8, 4) is 0 Å². The second-order valence-electron chi connectivity index (χ2n) is 2.78. The standard InChI is InChI=1S/C7H16N2.2ClH/c1-2-9-4-3-7(5-8)6-9;;/h7H,2-6,8H2,1H3;2*1H. The van der Waals surface area contributed by atoms with Crippen molar-refractivity contribution in [2.75, 3.05) is 26.2 Å². The van der Waals surface area contributed by atoms with Crippen molar-refractivity contribution in [2.45, 2.75) is 13.3 Å². The maximum absolute atomic E-state index is 5.52. The summed E-state index contributed by atoms with van der Waals surface area (Å²) in [6, 6.07) is 0. The fourth-order valence-corrected chi connectivity index (χ4v) is 1.39. The van der Waals surface area contributed by atoms with E-state index in [9.17, 15) is 0 Å². The molecule has 1 aliphatic rings. The topological polar surface area (TPSA) is 29.3 Å². The first-order valence-corrected chi connectivity index (χ1v) is 3.79. The summed E-state index contributed by atoms with van der Waals surface area (Å²) in [5.41, 5.74) is 5.52. The number of likely N-dealkylation sites (tertiary alicyclic amines) is 1. The summed E-state index contributed by atoms with van der Waals surface area (Å²) in [5.74, 6) is 0.782. The van der Waals surface area contributed by atoms with Crippen LogP contribution < -0.4 is 5.73 Å². The SMILES string of the molecule is CCN1CCC(CN)C1.Cl.Cl. The Bertz CT molecular complexity index is 80.5. The van der Waals surface area contributed by atoms with Crippen molar-refractivity contribution in [3.05, 3.63) is 0 Å². The Hall–Kier alpha value is 0.500. The molecule has 1 saturated heterocycles. The lowest BCUT2D eigenvalue weighted by Crippen LogP contribution is -2.22. The molecule has 0 amide bonds. The number of rotatable bonds is 2. The largest absolute Gasteiger partial charge is 0.330 e. The number of nitrogens with zero attached hydrogens (tertiary/aromatic N) is 1. The van der Waals surface area contributed by atoms with Gasteiger partial charge in [-0.2, -0.15) is 0 Å². The third kappa shape index (κ3) is 4.16. The number of hydrogen-bond acceptors (Lipinski definition) is 2. The molecule has 1 heterocycles. The van der Waals surface area contributed by atoms with Gasteiger partial charge in [-0.1, -0.05) is 6.92 Å². The molecule has 2 N–H and O–H groups in total. The average molecular weight is 201 g/mol. The molecule has 1 atom stereocenters. The highest BCUT2D eigenvalue weighted by Crippen LogP contribution is 2.13. The highest BCUT2D eigenvalue weighted by atomic mass is 35.5. The van der Waals surface area contributed by atoms with Gasteiger partial charge in [-0.3, -0.25) is 0 Å². The van der Waals surface area contributed by atoms with E-state index in [-0.39, 0.29) is 24.8 Å². The molecule has 0 bridgehead atoms. The Kier molecular flexibility index (Phi) is 9.15. The zero-order chi connectivity index (χ0) is 6.69. The van der Waals surface area contributed by atoms with Crippen LogP contribution >= 0.6 is 24.8 Å². The Morgan fingerprint density at radius 1 is 1.45 bits per heavy atom. The lowest BCUT2D eigenvalue weighted by molar-refractivity contribution is 0.343. The van der Waals surface area contributed by atoms with Crippen LogP contribution in [-0.2, 0) is 0 Å². The van der Waals surface area contributed by atoms with Crippen LogP contribution in [0.25, 0.3) is 0 Å². The van der Waals surface area contributed by atoms with Gasteiger partial charge in [0.1, 0.15) is 0 Å². The minimum atomic E-state index is 0. The van der Waals surface area contributed by atoms with Gasteiger partial charge in [0.2, 0.25) is 0 Å². The molecule has 0 aliphatic carbocycles. The molecule has 1 fully saturated rings. The van der Waals surface area contributed by atoms with E-state index in [1.807, 2.05) is 0 Å². The summed E-state index contributed by atoms with van der Waals surface area (Å²) in [6.07, 6.45) is 1.31. The zero-order valence-corrected chi connectivity index (χ0v) is 8.59. The van der Waals surface area contributed by atoms with Gasteiger partial charge in [-0.05, 0) is 32.0 Å². The molecule has 1 unspecified atom stereocenters. The minimum Gasteiger partial charge on any atom is -0.330 e. The van der Waals surface area contributed by atoms with E-state index in [0.29, 0.717) is 0 Å². The fourth-order valence-electron chi connectivity index (χ4n) is 1.39. The Labute approximate surface area is 81.3 Å². The van der Waals surface area contributed by atoms with E-state index in [1.165, 1.54) is 26.1 Å². The number of halogens is 2. The van der Waals surface area contributed by atoms with Gasteiger partial charge < -0.3 is 10.6 Å². The molecule has 0 saturated carbocycles. The van der Waals surface area contributed by atoms with Gasteiger partial charge in [0.15, 0.2) is 0 Å². The van der Waals surface area contributed by atoms with Gasteiger partial charge in [0, 0.05) is 6.54 Å². The van der Waals surface area contributed by atoms with Crippen LogP contribution in [0, 0.1) is 5.92 Å². The van der Waals surface area contributed by atoms with Gasteiger partial charge in [-0.15, -0.1) is 24.8 Å². The van der Waals surface area contributed by atoms with Crippen molar-refractivity contribution in [3.63, 3.8) is 0 Å². The van der Waals surface area contributed by atoms with Crippen molar-refractivity contribution in [1.29, 1.82) is 0 Å². The summed E-state index contributed by atoms with van der Waals surface area (Å²) in [5, 5.41) is 0. The van der Waals surface area contributed by atoms with Crippen LogP contribution in [0.2, 0.25) is 0 Å². The maximum Gasteiger partial charge on any atom is 0.00221 e. The monoisotopic (exact) mass is 200 g/mol. The summed E-state index contributed by atoms with van der Waals surface area (Å²) in [6.45, 7) is 6.76. The molecular formula is C7H18Cl2N2. The number of nitrogens with two attached hydrogens (primary N) is 1. The molecule has 1 rings (SSSR count). The van der Waals surface area contributed by atoms with Crippen LogP contribution in [0.3, 0.4) is 0 Å². The van der Waals surface area contributed by atoms with Crippen LogP contribution in [0.1, 0.15) is 13.3 Å².